The molecular weight excluding hydrogens is 290 g/mol. The van der Waals surface area contributed by atoms with Crippen LogP contribution in [0.25, 0.3) is 0 Å². The fourth-order valence-electron chi connectivity index (χ4n) is 3.14. The van der Waals surface area contributed by atoms with E-state index in [-0.39, 0.29) is 23.3 Å². The monoisotopic (exact) mass is 321 g/mol. The van der Waals surface area contributed by atoms with E-state index in [1.54, 1.807) is 6.08 Å². The molecular formula is C18H31N3O2. The van der Waals surface area contributed by atoms with Crippen molar-refractivity contribution in [1.29, 1.82) is 0 Å². The van der Waals surface area contributed by atoms with Crippen LogP contribution in [0.2, 0.25) is 0 Å². The molecule has 23 heavy (non-hydrogen) atoms. The summed E-state index contributed by atoms with van der Waals surface area (Å²) >= 11 is 0. The Balaban J connectivity index is 1.77. The van der Waals surface area contributed by atoms with Crippen LogP contribution in [0.3, 0.4) is 0 Å². The van der Waals surface area contributed by atoms with Gasteiger partial charge >= 0.3 is 0 Å². The van der Waals surface area contributed by atoms with Crippen LogP contribution in [0, 0.1) is 11.3 Å². The largest absolute Gasteiger partial charge is 0.354 e. The summed E-state index contributed by atoms with van der Waals surface area (Å²) in [7, 11) is 0. The van der Waals surface area contributed by atoms with E-state index < -0.39 is 0 Å². The topological polar surface area (TPSA) is 61.4 Å². The molecule has 5 heteroatoms. The minimum absolute atomic E-state index is 0.0209. The highest BCUT2D eigenvalue weighted by atomic mass is 16.2. The van der Waals surface area contributed by atoms with Gasteiger partial charge in [-0.25, -0.2) is 0 Å². The van der Waals surface area contributed by atoms with Crippen LogP contribution < -0.4 is 10.6 Å². The van der Waals surface area contributed by atoms with Gasteiger partial charge in [-0.15, -0.1) is 0 Å². The Hall–Kier alpha value is -1.36. The normalized spacial score (nSPS) is 25.8. The summed E-state index contributed by atoms with van der Waals surface area (Å²) in [4.78, 5) is 26.2. The summed E-state index contributed by atoms with van der Waals surface area (Å²) in [6, 6.07) is -0.0222. The number of rotatable bonds is 4. The van der Waals surface area contributed by atoms with Crippen molar-refractivity contribution in [2.45, 2.75) is 52.5 Å². The molecule has 2 rings (SSSR count). The maximum Gasteiger partial charge on any atom is 0.246 e. The highest BCUT2D eigenvalue weighted by Gasteiger charge is 2.25. The third-order valence-electron chi connectivity index (χ3n) is 4.50. The molecule has 5 nitrogen and oxygen atoms in total. The van der Waals surface area contributed by atoms with Gasteiger partial charge in [0, 0.05) is 19.6 Å². The first-order valence-corrected chi connectivity index (χ1v) is 8.84. The quantitative estimate of drug-likeness (QED) is 0.775. The zero-order valence-electron chi connectivity index (χ0n) is 14.7. The predicted octanol–water partition coefficient (Wildman–Crippen LogP) is 1.70. The molecule has 0 saturated carbocycles. The molecule has 2 saturated heterocycles. The van der Waals surface area contributed by atoms with Crippen molar-refractivity contribution in [3.05, 3.63) is 12.2 Å². The van der Waals surface area contributed by atoms with E-state index >= 15 is 0 Å². The van der Waals surface area contributed by atoms with Gasteiger partial charge in [-0.3, -0.25) is 9.59 Å². The van der Waals surface area contributed by atoms with Crippen molar-refractivity contribution in [2.75, 3.05) is 26.2 Å². The van der Waals surface area contributed by atoms with E-state index in [2.05, 4.69) is 31.4 Å². The Kier molecular flexibility index (Phi) is 6.22. The van der Waals surface area contributed by atoms with Gasteiger partial charge in [-0.1, -0.05) is 26.8 Å². The summed E-state index contributed by atoms with van der Waals surface area (Å²) in [5, 5.41) is 6.27. The van der Waals surface area contributed by atoms with Crippen LogP contribution in [0.4, 0.5) is 0 Å². The number of allylic oxidation sites excluding steroid dienone is 1. The van der Waals surface area contributed by atoms with Crippen molar-refractivity contribution in [3.8, 4) is 0 Å². The first-order valence-electron chi connectivity index (χ1n) is 8.84. The molecule has 2 unspecified atom stereocenters. The summed E-state index contributed by atoms with van der Waals surface area (Å²) in [5.41, 5.74) is 0.0209. The Bertz CT molecular complexity index is 448. The fourth-order valence-corrected chi connectivity index (χ4v) is 3.14. The Morgan fingerprint density at radius 3 is 2.70 bits per heavy atom. The zero-order valence-corrected chi connectivity index (χ0v) is 14.7. The predicted molar refractivity (Wildman–Crippen MR) is 91.9 cm³/mol. The van der Waals surface area contributed by atoms with Crippen LogP contribution in [0.5, 0.6) is 0 Å². The lowest BCUT2D eigenvalue weighted by atomic mass is 9.95. The maximum absolute atomic E-state index is 12.3. The maximum atomic E-state index is 12.3. The SMILES string of the molecule is CC(C)(C)/C=C/C(=O)N1CCCC(CNC(=O)C2CCCN2)C1. The van der Waals surface area contributed by atoms with Gasteiger partial charge in [0.1, 0.15) is 0 Å². The molecule has 2 heterocycles. The number of carbonyl (C=O) groups is 2. The van der Waals surface area contributed by atoms with Crippen LogP contribution >= 0.6 is 0 Å². The molecule has 2 amide bonds. The highest BCUT2D eigenvalue weighted by molar-refractivity contribution is 5.87. The molecule has 2 N–H and O–H groups in total. The second-order valence-corrected chi connectivity index (χ2v) is 7.89. The molecule has 0 spiro atoms. The Morgan fingerprint density at radius 2 is 2.04 bits per heavy atom. The molecule has 0 aromatic carbocycles. The number of nitrogens with one attached hydrogen (secondary N) is 2. The van der Waals surface area contributed by atoms with Crippen molar-refractivity contribution < 1.29 is 9.59 Å². The van der Waals surface area contributed by atoms with Gasteiger partial charge in [-0.2, -0.15) is 0 Å². The first-order chi connectivity index (χ1) is 10.8. The lowest BCUT2D eigenvalue weighted by molar-refractivity contribution is -0.127. The first kappa shape index (κ1) is 18.0. The van der Waals surface area contributed by atoms with E-state index in [9.17, 15) is 9.59 Å². The smallest absolute Gasteiger partial charge is 0.246 e. The third kappa shape index (κ3) is 5.98. The highest BCUT2D eigenvalue weighted by Crippen LogP contribution is 2.18. The number of hydrogen-bond donors (Lipinski definition) is 2. The number of likely N-dealkylation sites (tertiary alicyclic amines) is 1. The van der Waals surface area contributed by atoms with E-state index in [1.165, 1.54) is 0 Å². The molecule has 0 aromatic rings. The van der Waals surface area contributed by atoms with Gasteiger partial charge in [0.05, 0.1) is 6.04 Å². The molecule has 0 aromatic heterocycles. The van der Waals surface area contributed by atoms with Gasteiger partial charge in [-0.05, 0) is 49.6 Å². The summed E-state index contributed by atoms with van der Waals surface area (Å²) in [6.07, 6.45) is 7.75. The van der Waals surface area contributed by atoms with Crippen LogP contribution in [0.15, 0.2) is 12.2 Å². The van der Waals surface area contributed by atoms with Gasteiger partial charge in [0.25, 0.3) is 0 Å². The van der Waals surface area contributed by atoms with E-state index in [4.69, 9.17) is 0 Å². The number of piperidine rings is 1. The zero-order chi connectivity index (χ0) is 16.9. The molecule has 130 valence electrons. The minimum atomic E-state index is -0.0222. The van der Waals surface area contributed by atoms with E-state index in [1.807, 2.05) is 11.0 Å². The number of nitrogens with zero attached hydrogens (tertiary/aromatic N) is 1. The molecule has 2 fully saturated rings. The lowest BCUT2D eigenvalue weighted by Gasteiger charge is -2.32. The Labute approximate surface area is 139 Å². The van der Waals surface area contributed by atoms with E-state index in [0.29, 0.717) is 12.5 Å². The average Bonchev–Trinajstić information content (AvgIpc) is 3.04. The number of amides is 2. The second-order valence-electron chi connectivity index (χ2n) is 7.89. The number of hydrogen-bond acceptors (Lipinski definition) is 3. The van der Waals surface area contributed by atoms with Gasteiger partial charge in [0.15, 0.2) is 0 Å². The third-order valence-corrected chi connectivity index (χ3v) is 4.50. The molecule has 2 atom stereocenters. The molecule has 2 aliphatic heterocycles. The van der Waals surface area contributed by atoms with Crippen LogP contribution in [0.1, 0.15) is 46.5 Å². The summed E-state index contributed by atoms with van der Waals surface area (Å²) < 4.78 is 0. The molecule has 0 radical (unpaired) electrons. The van der Waals surface area contributed by atoms with Crippen molar-refractivity contribution in [3.63, 3.8) is 0 Å². The summed E-state index contributed by atoms with van der Waals surface area (Å²) in [6.45, 7) is 9.43. The molecule has 0 bridgehead atoms. The van der Waals surface area contributed by atoms with Crippen molar-refractivity contribution >= 4 is 11.8 Å². The average molecular weight is 321 g/mol. The minimum Gasteiger partial charge on any atom is -0.354 e. The molecule has 0 aliphatic carbocycles. The standard InChI is InChI=1S/C18H31N3O2/c1-18(2,3)9-8-16(22)21-11-5-6-14(13-21)12-20-17(23)15-7-4-10-19-15/h8-9,14-15,19H,4-7,10-13H2,1-3H3,(H,20,23)/b9-8+. The van der Waals surface area contributed by atoms with Gasteiger partial charge in [0.2, 0.25) is 11.8 Å². The van der Waals surface area contributed by atoms with Crippen LogP contribution in [-0.2, 0) is 9.59 Å². The second kappa shape index (κ2) is 7.95. The lowest BCUT2D eigenvalue weighted by Crippen LogP contribution is -2.46. The fraction of sp³-hybridized carbons (Fsp3) is 0.778. The number of carbonyl (C=O) groups excluding carboxylic acids is 2. The summed E-state index contributed by atoms with van der Waals surface area (Å²) in [5.74, 6) is 0.563. The van der Waals surface area contributed by atoms with E-state index in [0.717, 1.165) is 45.3 Å². The van der Waals surface area contributed by atoms with Crippen molar-refractivity contribution in [1.82, 2.24) is 15.5 Å². The van der Waals surface area contributed by atoms with Crippen molar-refractivity contribution in [2.24, 2.45) is 11.3 Å². The van der Waals surface area contributed by atoms with Gasteiger partial charge < -0.3 is 15.5 Å². The molecule has 2 aliphatic rings. The Morgan fingerprint density at radius 1 is 1.26 bits per heavy atom. The van der Waals surface area contributed by atoms with Crippen LogP contribution in [-0.4, -0.2) is 48.9 Å².